The molecule has 1 aliphatic rings. The summed E-state index contributed by atoms with van der Waals surface area (Å²) >= 11 is 6.35. The second-order valence-electron chi connectivity index (χ2n) is 7.05. The minimum absolute atomic E-state index is 0.188. The van der Waals surface area contributed by atoms with Crippen molar-refractivity contribution in [3.8, 4) is 0 Å². The Hall–Kier alpha value is -3.31. The molecule has 0 radical (unpaired) electrons. The van der Waals surface area contributed by atoms with Gasteiger partial charge < -0.3 is 10.1 Å². The van der Waals surface area contributed by atoms with Crippen LogP contribution in [0.2, 0.25) is 5.02 Å². The average molecular weight is 421 g/mol. The predicted octanol–water partition coefficient (Wildman–Crippen LogP) is 5.01. The lowest BCUT2D eigenvalue weighted by Gasteiger charge is -2.20. The molecule has 0 aliphatic carbocycles. The first-order chi connectivity index (χ1) is 14.6. The van der Waals surface area contributed by atoms with Gasteiger partial charge in [0.15, 0.2) is 0 Å². The quantitative estimate of drug-likeness (QED) is 0.609. The molecule has 3 aromatic carbocycles. The fourth-order valence-electron chi connectivity index (χ4n) is 3.48. The van der Waals surface area contributed by atoms with E-state index < -0.39 is 0 Å². The third kappa shape index (κ3) is 4.47. The third-order valence-corrected chi connectivity index (χ3v) is 5.46. The van der Waals surface area contributed by atoms with Crippen LogP contribution in [0.1, 0.15) is 27.5 Å². The Morgan fingerprint density at radius 3 is 2.37 bits per heavy atom. The summed E-state index contributed by atoms with van der Waals surface area (Å²) in [6.45, 7) is 0.889. The number of halogens is 1. The Kier molecular flexibility index (Phi) is 6.00. The molecular formula is C24H21ClN2O3. The van der Waals surface area contributed by atoms with Crippen LogP contribution in [0.25, 0.3) is 0 Å². The molecule has 1 N–H and O–H groups in total. The molecule has 5 nitrogen and oxygen atoms in total. The van der Waals surface area contributed by atoms with Crippen LogP contribution in [0.3, 0.4) is 0 Å². The summed E-state index contributed by atoms with van der Waals surface area (Å²) in [4.78, 5) is 26.2. The normalized spacial score (nSPS) is 14.3. The van der Waals surface area contributed by atoms with Crippen LogP contribution in [-0.2, 0) is 11.2 Å². The van der Waals surface area contributed by atoms with Crippen molar-refractivity contribution >= 4 is 29.3 Å². The van der Waals surface area contributed by atoms with Crippen molar-refractivity contribution in [2.24, 2.45) is 0 Å². The van der Waals surface area contributed by atoms with Gasteiger partial charge in [0, 0.05) is 16.3 Å². The van der Waals surface area contributed by atoms with E-state index in [-0.39, 0.29) is 18.0 Å². The largest absolute Gasteiger partial charge is 0.447 e. The lowest BCUT2D eigenvalue weighted by molar-refractivity contribution is 0.0936. The molecular weight excluding hydrogens is 400 g/mol. The zero-order valence-corrected chi connectivity index (χ0v) is 17.0. The fraction of sp³-hybridized carbons (Fsp3) is 0.167. The van der Waals surface area contributed by atoms with Gasteiger partial charge in [0.2, 0.25) is 0 Å². The van der Waals surface area contributed by atoms with Gasteiger partial charge in [-0.25, -0.2) is 4.79 Å². The van der Waals surface area contributed by atoms with Crippen molar-refractivity contribution in [2.75, 3.05) is 18.1 Å². The van der Waals surface area contributed by atoms with E-state index in [1.54, 1.807) is 29.2 Å². The van der Waals surface area contributed by atoms with Crippen molar-refractivity contribution in [2.45, 2.75) is 12.5 Å². The summed E-state index contributed by atoms with van der Waals surface area (Å²) in [7, 11) is 0. The molecule has 1 fully saturated rings. The summed E-state index contributed by atoms with van der Waals surface area (Å²) < 4.78 is 4.96. The second-order valence-corrected chi connectivity index (χ2v) is 7.45. The summed E-state index contributed by atoms with van der Waals surface area (Å²) in [5, 5.41) is 3.80. The third-order valence-electron chi connectivity index (χ3n) is 5.09. The van der Waals surface area contributed by atoms with E-state index >= 15 is 0 Å². The lowest BCUT2D eigenvalue weighted by Crippen LogP contribution is -2.30. The summed E-state index contributed by atoms with van der Waals surface area (Å²) in [6, 6.07) is 24.2. The minimum Gasteiger partial charge on any atom is -0.447 e. The van der Waals surface area contributed by atoms with E-state index in [1.807, 2.05) is 54.6 Å². The predicted molar refractivity (Wildman–Crippen MR) is 117 cm³/mol. The highest BCUT2D eigenvalue weighted by Crippen LogP contribution is 2.24. The van der Waals surface area contributed by atoms with Crippen molar-refractivity contribution < 1.29 is 14.3 Å². The Morgan fingerprint density at radius 2 is 1.70 bits per heavy atom. The molecule has 1 aliphatic heterocycles. The molecule has 1 atom stereocenters. The number of carbonyl (C=O) groups is 2. The number of ether oxygens (including phenoxy) is 1. The lowest BCUT2D eigenvalue weighted by atomic mass is 9.98. The SMILES string of the molecule is O=C(NC(Cc1ccccc1Cl)c1ccccc1)c1ccc(N2CCOC2=O)cc1. The molecule has 4 rings (SSSR count). The van der Waals surface area contributed by atoms with E-state index in [0.717, 1.165) is 11.1 Å². The minimum atomic E-state index is -0.365. The number of cyclic esters (lactones) is 1. The Labute approximate surface area is 180 Å². The molecule has 0 aromatic heterocycles. The fourth-order valence-corrected chi connectivity index (χ4v) is 3.70. The van der Waals surface area contributed by atoms with Crippen molar-refractivity contribution in [3.63, 3.8) is 0 Å². The highest BCUT2D eigenvalue weighted by Gasteiger charge is 2.24. The van der Waals surface area contributed by atoms with Gasteiger partial charge in [-0.1, -0.05) is 60.1 Å². The molecule has 6 heteroatoms. The van der Waals surface area contributed by atoms with Crippen molar-refractivity contribution in [1.82, 2.24) is 5.32 Å². The zero-order chi connectivity index (χ0) is 20.9. The van der Waals surface area contributed by atoms with E-state index in [4.69, 9.17) is 16.3 Å². The highest BCUT2D eigenvalue weighted by atomic mass is 35.5. The molecule has 152 valence electrons. The summed E-state index contributed by atoms with van der Waals surface area (Å²) in [5.74, 6) is -0.188. The monoisotopic (exact) mass is 420 g/mol. The van der Waals surface area contributed by atoms with Gasteiger partial charge in [0.1, 0.15) is 6.61 Å². The molecule has 3 aromatic rings. The number of carbonyl (C=O) groups excluding carboxylic acids is 2. The molecule has 2 amide bonds. The van der Waals surface area contributed by atoms with Gasteiger partial charge in [-0.3, -0.25) is 9.69 Å². The van der Waals surface area contributed by atoms with E-state index in [0.29, 0.717) is 35.8 Å². The van der Waals surface area contributed by atoms with Gasteiger partial charge in [-0.2, -0.15) is 0 Å². The van der Waals surface area contributed by atoms with Gasteiger partial charge in [0.05, 0.1) is 12.6 Å². The van der Waals surface area contributed by atoms with Crippen molar-refractivity contribution in [3.05, 3.63) is 101 Å². The first-order valence-corrected chi connectivity index (χ1v) is 10.1. The average Bonchev–Trinajstić information content (AvgIpc) is 3.21. The number of nitrogens with one attached hydrogen (secondary N) is 1. The highest BCUT2D eigenvalue weighted by molar-refractivity contribution is 6.31. The van der Waals surface area contributed by atoms with E-state index in [9.17, 15) is 9.59 Å². The first-order valence-electron chi connectivity index (χ1n) is 9.75. The maximum atomic E-state index is 13.0. The van der Waals surface area contributed by atoms with Crippen molar-refractivity contribution in [1.29, 1.82) is 0 Å². The van der Waals surface area contributed by atoms with Crippen LogP contribution in [0.5, 0.6) is 0 Å². The molecule has 1 saturated heterocycles. The molecule has 30 heavy (non-hydrogen) atoms. The number of amides is 2. The Morgan fingerprint density at radius 1 is 1.00 bits per heavy atom. The Bertz CT molecular complexity index is 1040. The van der Waals surface area contributed by atoms with Crippen LogP contribution in [0.4, 0.5) is 10.5 Å². The number of rotatable bonds is 6. The molecule has 0 saturated carbocycles. The van der Waals surface area contributed by atoms with Gasteiger partial charge in [-0.15, -0.1) is 0 Å². The van der Waals surface area contributed by atoms with Gasteiger partial charge in [0.25, 0.3) is 5.91 Å². The van der Waals surface area contributed by atoms with Crippen LogP contribution >= 0.6 is 11.6 Å². The molecule has 1 heterocycles. The zero-order valence-electron chi connectivity index (χ0n) is 16.3. The molecule has 0 spiro atoms. The van der Waals surface area contributed by atoms with E-state index in [1.165, 1.54) is 0 Å². The molecule has 0 bridgehead atoms. The number of nitrogens with zero attached hydrogens (tertiary/aromatic N) is 1. The number of anilines is 1. The standard InChI is InChI=1S/C24H21ClN2O3/c25-21-9-5-4-8-19(21)16-22(17-6-2-1-3-7-17)26-23(28)18-10-12-20(13-11-18)27-14-15-30-24(27)29/h1-13,22H,14-16H2,(H,26,28). The van der Waals surface area contributed by atoms with Crippen LogP contribution in [-0.4, -0.2) is 25.2 Å². The Balaban J connectivity index is 1.53. The topological polar surface area (TPSA) is 58.6 Å². The van der Waals surface area contributed by atoms with Crippen LogP contribution < -0.4 is 10.2 Å². The summed E-state index contributed by atoms with van der Waals surface area (Å²) in [6.07, 6.45) is 0.212. The second kappa shape index (κ2) is 9.01. The van der Waals surface area contributed by atoms with Gasteiger partial charge in [-0.05, 0) is 47.9 Å². The van der Waals surface area contributed by atoms with Gasteiger partial charge >= 0.3 is 6.09 Å². The summed E-state index contributed by atoms with van der Waals surface area (Å²) in [5.41, 5.74) is 3.20. The van der Waals surface area contributed by atoms with E-state index in [2.05, 4.69) is 5.32 Å². The van der Waals surface area contributed by atoms with Crippen LogP contribution in [0.15, 0.2) is 78.9 Å². The molecule has 1 unspecified atom stereocenters. The maximum absolute atomic E-state index is 13.0. The smallest absolute Gasteiger partial charge is 0.414 e. The number of hydrogen-bond donors (Lipinski definition) is 1. The maximum Gasteiger partial charge on any atom is 0.414 e. The number of benzene rings is 3. The van der Waals surface area contributed by atoms with Crippen LogP contribution in [0, 0.1) is 0 Å². The first kappa shape index (κ1) is 20.0. The number of hydrogen-bond acceptors (Lipinski definition) is 3.